The number of para-hydroxylation sites is 2. The van der Waals surface area contributed by atoms with E-state index < -0.39 is 11.9 Å². The molecule has 0 atom stereocenters. The Kier molecular flexibility index (Phi) is 4.29. The molecular formula is C18H16N2O4. The number of esters is 2. The van der Waals surface area contributed by atoms with Crippen molar-refractivity contribution >= 4 is 23.0 Å². The summed E-state index contributed by atoms with van der Waals surface area (Å²) in [6, 6.07) is 12.6. The largest absolute Gasteiger partial charge is 0.427 e. The predicted molar refractivity (Wildman–Crippen MR) is 88.0 cm³/mol. The molecule has 6 nitrogen and oxygen atoms in total. The van der Waals surface area contributed by atoms with E-state index in [1.54, 1.807) is 18.2 Å². The van der Waals surface area contributed by atoms with Gasteiger partial charge in [-0.2, -0.15) is 0 Å². The maximum Gasteiger partial charge on any atom is 0.308 e. The number of nitrogens with one attached hydrogen (secondary N) is 1. The second kappa shape index (κ2) is 6.54. The zero-order valence-electron chi connectivity index (χ0n) is 13.3. The van der Waals surface area contributed by atoms with Crippen LogP contribution < -0.4 is 9.47 Å². The van der Waals surface area contributed by atoms with Crippen LogP contribution in [0.4, 0.5) is 0 Å². The van der Waals surface area contributed by atoms with Crippen LogP contribution in [-0.2, 0) is 16.0 Å². The number of aromatic amines is 1. The minimum Gasteiger partial charge on any atom is -0.427 e. The number of aromatic nitrogens is 2. The molecule has 2 aromatic carbocycles. The quantitative estimate of drug-likeness (QED) is 0.589. The molecule has 0 bridgehead atoms. The Morgan fingerprint density at radius 2 is 1.79 bits per heavy atom. The molecule has 0 aliphatic rings. The van der Waals surface area contributed by atoms with Crippen molar-refractivity contribution in [2.45, 2.75) is 20.3 Å². The highest BCUT2D eigenvalue weighted by Gasteiger charge is 2.12. The molecule has 24 heavy (non-hydrogen) atoms. The molecule has 0 radical (unpaired) electrons. The Hall–Kier alpha value is -3.15. The van der Waals surface area contributed by atoms with Crippen LogP contribution in [0.5, 0.6) is 11.5 Å². The van der Waals surface area contributed by atoms with Gasteiger partial charge in [0, 0.05) is 25.8 Å². The van der Waals surface area contributed by atoms with Crippen LogP contribution in [0, 0.1) is 0 Å². The van der Waals surface area contributed by atoms with Crippen molar-refractivity contribution in [1.82, 2.24) is 9.97 Å². The average Bonchev–Trinajstić information content (AvgIpc) is 2.91. The maximum atomic E-state index is 11.3. The van der Waals surface area contributed by atoms with E-state index >= 15 is 0 Å². The first-order chi connectivity index (χ1) is 11.5. The third kappa shape index (κ3) is 3.60. The lowest BCUT2D eigenvalue weighted by Crippen LogP contribution is -2.06. The van der Waals surface area contributed by atoms with Gasteiger partial charge in [-0.25, -0.2) is 4.98 Å². The minimum absolute atomic E-state index is 0.393. The van der Waals surface area contributed by atoms with Crippen molar-refractivity contribution in [1.29, 1.82) is 0 Å². The number of carbonyl (C=O) groups is 2. The number of rotatable bonds is 4. The number of hydrogen-bond donors (Lipinski definition) is 1. The number of H-pyrrole nitrogens is 1. The predicted octanol–water partition coefficient (Wildman–Crippen LogP) is 3.00. The van der Waals surface area contributed by atoms with Crippen molar-refractivity contribution < 1.29 is 19.1 Å². The monoisotopic (exact) mass is 324 g/mol. The second-order valence-electron chi connectivity index (χ2n) is 5.33. The third-order valence-electron chi connectivity index (χ3n) is 3.34. The Morgan fingerprint density at radius 3 is 2.50 bits per heavy atom. The molecule has 0 aliphatic carbocycles. The van der Waals surface area contributed by atoms with Gasteiger partial charge in [-0.15, -0.1) is 0 Å². The summed E-state index contributed by atoms with van der Waals surface area (Å²) in [5.74, 6) is 0.707. The van der Waals surface area contributed by atoms with E-state index in [0.717, 1.165) is 16.9 Å². The smallest absolute Gasteiger partial charge is 0.308 e. The first-order valence-corrected chi connectivity index (χ1v) is 7.44. The number of benzene rings is 2. The molecule has 122 valence electrons. The Morgan fingerprint density at radius 1 is 1.04 bits per heavy atom. The second-order valence-corrected chi connectivity index (χ2v) is 5.33. The lowest BCUT2D eigenvalue weighted by molar-refractivity contribution is -0.133. The highest BCUT2D eigenvalue weighted by atomic mass is 16.5. The zero-order chi connectivity index (χ0) is 17.1. The van der Waals surface area contributed by atoms with Gasteiger partial charge < -0.3 is 14.5 Å². The number of imidazole rings is 1. The molecule has 3 aromatic rings. The van der Waals surface area contributed by atoms with E-state index in [1.165, 1.54) is 13.8 Å². The van der Waals surface area contributed by atoms with Crippen molar-refractivity contribution in [3.8, 4) is 11.5 Å². The maximum absolute atomic E-state index is 11.3. The van der Waals surface area contributed by atoms with Gasteiger partial charge in [0.15, 0.2) is 0 Å². The molecule has 0 spiro atoms. The SMILES string of the molecule is CC(=O)Oc1ccc(OC(C)=O)c(Cc2nc3ccccc3[nH]2)c1. The van der Waals surface area contributed by atoms with Gasteiger partial charge in [0.2, 0.25) is 0 Å². The van der Waals surface area contributed by atoms with E-state index in [1.807, 2.05) is 24.3 Å². The van der Waals surface area contributed by atoms with Crippen LogP contribution in [0.2, 0.25) is 0 Å². The standard InChI is InChI=1S/C18H16N2O4/c1-11(21)23-14-7-8-17(24-12(2)22)13(9-14)10-18-19-15-5-3-4-6-16(15)20-18/h3-9H,10H2,1-2H3,(H,19,20). The van der Waals surface area contributed by atoms with Crippen LogP contribution in [0.25, 0.3) is 11.0 Å². The Bertz CT molecular complexity index is 881. The van der Waals surface area contributed by atoms with Crippen LogP contribution in [-0.4, -0.2) is 21.9 Å². The van der Waals surface area contributed by atoms with E-state index in [2.05, 4.69) is 9.97 Å². The van der Waals surface area contributed by atoms with Gasteiger partial charge in [0.25, 0.3) is 0 Å². The average molecular weight is 324 g/mol. The van der Waals surface area contributed by atoms with E-state index in [4.69, 9.17) is 9.47 Å². The number of carbonyl (C=O) groups excluding carboxylic acids is 2. The number of ether oxygens (including phenoxy) is 2. The summed E-state index contributed by atoms with van der Waals surface area (Å²) in [7, 11) is 0. The lowest BCUT2D eigenvalue weighted by atomic mass is 10.1. The number of nitrogens with zero attached hydrogens (tertiary/aromatic N) is 1. The topological polar surface area (TPSA) is 81.3 Å². The summed E-state index contributed by atoms with van der Waals surface area (Å²) in [5, 5.41) is 0. The summed E-state index contributed by atoms with van der Waals surface area (Å²) in [5.41, 5.74) is 2.48. The molecule has 3 rings (SSSR count). The first kappa shape index (κ1) is 15.7. The molecule has 0 aliphatic heterocycles. The third-order valence-corrected chi connectivity index (χ3v) is 3.34. The molecule has 0 unspecified atom stereocenters. The van der Waals surface area contributed by atoms with Gasteiger partial charge in [-0.1, -0.05) is 12.1 Å². The molecule has 0 saturated carbocycles. The summed E-state index contributed by atoms with van der Waals surface area (Å²) >= 11 is 0. The first-order valence-electron chi connectivity index (χ1n) is 7.44. The van der Waals surface area contributed by atoms with Crippen LogP contribution in [0.3, 0.4) is 0 Å². The van der Waals surface area contributed by atoms with E-state index in [-0.39, 0.29) is 0 Å². The van der Waals surface area contributed by atoms with Crippen molar-refractivity contribution in [2.75, 3.05) is 0 Å². The molecule has 6 heteroatoms. The molecule has 0 saturated heterocycles. The summed E-state index contributed by atoms with van der Waals surface area (Å²) in [6.45, 7) is 2.67. The fourth-order valence-corrected chi connectivity index (χ4v) is 2.45. The summed E-state index contributed by atoms with van der Waals surface area (Å²) in [4.78, 5) is 30.2. The van der Waals surface area contributed by atoms with Crippen LogP contribution >= 0.6 is 0 Å². The van der Waals surface area contributed by atoms with Crippen molar-refractivity contribution in [3.05, 3.63) is 53.9 Å². The van der Waals surface area contributed by atoms with E-state index in [0.29, 0.717) is 23.5 Å². The van der Waals surface area contributed by atoms with Gasteiger partial charge in [-0.3, -0.25) is 9.59 Å². The zero-order valence-corrected chi connectivity index (χ0v) is 13.3. The van der Waals surface area contributed by atoms with Crippen LogP contribution in [0.1, 0.15) is 25.2 Å². The molecule has 0 amide bonds. The molecular weight excluding hydrogens is 308 g/mol. The van der Waals surface area contributed by atoms with Gasteiger partial charge in [-0.05, 0) is 30.3 Å². The number of fused-ring (bicyclic) bond motifs is 1. The van der Waals surface area contributed by atoms with E-state index in [9.17, 15) is 9.59 Å². The highest BCUT2D eigenvalue weighted by molar-refractivity contribution is 5.75. The van der Waals surface area contributed by atoms with Crippen LogP contribution in [0.15, 0.2) is 42.5 Å². The number of hydrogen-bond acceptors (Lipinski definition) is 5. The van der Waals surface area contributed by atoms with Crippen molar-refractivity contribution in [3.63, 3.8) is 0 Å². The molecule has 1 aromatic heterocycles. The molecule has 1 N–H and O–H groups in total. The normalized spacial score (nSPS) is 10.6. The highest BCUT2D eigenvalue weighted by Crippen LogP contribution is 2.27. The summed E-state index contributed by atoms with van der Waals surface area (Å²) in [6.07, 6.45) is 0.409. The Labute approximate surface area is 138 Å². The summed E-state index contributed by atoms with van der Waals surface area (Å²) < 4.78 is 10.3. The fraction of sp³-hybridized carbons (Fsp3) is 0.167. The lowest BCUT2D eigenvalue weighted by Gasteiger charge is -2.10. The fourth-order valence-electron chi connectivity index (χ4n) is 2.45. The van der Waals surface area contributed by atoms with Gasteiger partial charge >= 0.3 is 11.9 Å². The van der Waals surface area contributed by atoms with Gasteiger partial charge in [0.05, 0.1) is 11.0 Å². The minimum atomic E-state index is -0.416. The molecule has 0 fully saturated rings. The van der Waals surface area contributed by atoms with Crippen molar-refractivity contribution in [2.24, 2.45) is 0 Å². The Balaban J connectivity index is 1.95. The molecule has 1 heterocycles. The van der Waals surface area contributed by atoms with Gasteiger partial charge in [0.1, 0.15) is 17.3 Å².